The topological polar surface area (TPSA) is 62.1 Å². The number of oxime groups is 1. The third-order valence-corrected chi connectivity index (χ3v) is 4.43. The highest BCUT2D eigenvalue weighted by Crippen LogP contribution is 2.30. The van der Waals surface area contributed by atoms with Crippen LogP contribution in [-0.4, -0.2) is 28.2 Å². The van der Waals surface area contributed by atoms with Gasteiger partial charge >= 0.3 is 0 Å². The molecule has 1 aromatic carbocycles. The highest BCUT2D eigenvalue weighted by molar-refractivity contribution is 6.04. The van der Waals surface area contributed by atoms with Crippen molar-refractivity contribution in [3.8, 4) is 5.75 Å². The molecule has 20 heavy (non-hydrogen) atoms. The van der Waals surface area contributed by atoms with Gasteiger partial charge in [-0.25, -0.2) is 0 Å². The fraction of sp³-hybridized carbons (Fsp3) is 0.562. The number of aliphatic hydroxyl groups is 1. The van der Waals surface area contributed by atoms with Gasteiger partial charge in [0.15, 0.2) is 0 Å². The second kappa shape index (κ2) is 5.44. The van der Waals surface area contributed by atoms with Crippen LogP contribution in [0.5, 0.6) is 5.75 Å². The van der Waals surface area contributed by atoms with Crippen molar-refractivity contribution in [2.45, 2.75) is 50.5 Å². The molecule has 0 spiro atoms. The second-order valence-electron chi connectivity index (χ2n) is 5.94. The zero-order valence-electron chi connectivity index (χ0n) is 11.6. The maximum absolute atomic E-state index is 10.4. The van der Waals surface area contributed by atoms with Gasteiger partial charge in [0, 0.05) is 5.56 Å². The molecule has 2 aliphatic rings. The summed E-state index contributed by atoms with van der Waals surface area (Å²) < 4.78 is 5.79. The first kappa shape index (κ1) is 13.4. The molecule has 0 amide bonds. The van der Waals surface area contributed by atoms with E-state index >= 15 is 0 Å². The Morgan fingerprint density at radius 2 is 1.95 bits per heavy atom. The van der Waals surface area contributed by atoms with Crippen LogP contribution in [0.1, 0.15) is 49.7 Å². The first-order valence-corrected chi connectivity index (χ1v) is 7.40. The highest BCUT2D eigenvalue weighted by atomic mass is 16.5. The molecule has 4 heteroatoms. The van der Waals surface area contributed by atoms with Gasteiger partial charge in [0.1, 0.15) is 12.4 Å². The van der Waals surface area contributed by atoms with Crippen LogP contribution in [0.25, 0.3) is 0 Å². The number of fused-ring (bicyclic) bond motifs is 1. The molecular formula is C16H21NO3. The molecule has 1 saturated carbocycles. The molecule has 0 aromatic heterocycles. The normalized spacial score (nSPS) is 22.8. The molecule has 0 unspecified atom stereocenters. The van der Waals surface area contributed by atoms with E-state index in [1.165, 1.54) is 6.42 Å². The van der Waals surface area contributed by atoms with Crippen molar-refractivity contribution in [2.24, 2.45) is 5.16 Å². The Kier molecular flexibility index (Phi) is 3.66. The average Bonchev–Trinajstić information content (AvgIpc) is 2.88. The SMILES string of the molecule is O/N=C1/CCc2cc(OCC3(O)CCCCC3)ccc21. The van der Waals surface area contributed by atoms with Crippen molar-refractivity contribution in [1.29, 1.82) is 0 Å². The molecular weight excluding hydrogens is 254 g/mol. The van der Waals surface area contributed by atoms with Crippen LogP contribution in [0.15, 0.2) is 23.4 Å². The maximum atomic E-state index is 10.4. The molecule has 0 atom stereocenters. The van der Waals surface area contributed by atoms with Gasteiger partial charge < -0.3 is 15.1 Å². The summed E-state index contributed by atoms with van der Waals surface area (Å²) in [6.07, 6.45) is 6.71. The second-order valence-corrected chi connectivity index (χ2v) is 5.94. The van der Waals surface area contributed by atoms with Crippen LogP contribution in [0, 0.1) is 0 Å². The molecule has 3 rings (SSSR count). The number of benzene rings is 1. The number of hydrogen-bond donors (Lipinski definition) is 2. The molecule has 0 aliphatic heterocycles. The number of rotatable bonds is 3. The van der Waals surface area contributed by atoms with Crippen molar-refractivity contribution in [2.75, 3.05) is 6.61 Å². The molecule has 0 saturated heterocycles. The Bertz CT molecular complexity index is 518. The number of nitrogens with zero attached hydrogens (tertiary/aromatic N) is 1. The number of hydrogen-bond acceptors (Lipinski definition) is 4. The van der Waals surface area contributed by atoms with E-state index in [1.54, 1.807) is 0 Å². The summed E-state index contributed by atoms with van der Waals surface area (Å²) in [7, 11) is 0. The van der Waals surface area contributed by atoms with Gasteiger partial charge in [-0.05, 0) is 49.4 Å². The summed E-state index contributed by atoms with van der Waals surface area (Å²) in [5, 5.41) is 22.7. The minimum atomic E-state index is -0.658. The largest absolute Gasteiger partial charge is 0.491 e. The molecule has 2 aliphatic carbocycles. The molecule has 0 heterocycles. The van der Waals surface area contributed by atoms with Crippen molar-refractivity contribution in [3.63, 3.8) is 0 Å². The first-order valence-electron chi connectivity index (χ1n) is 7.40. The van der Waals surface area contributed by atoms with Crippen molar-refractivity contribution in [1.82, 2.24) is 0 Å². The third-order valence-electron chi connectivity index (χ3n) is 4.43. The van der Waals surface area contributed by atoms with Gasteiger partial charge in [0.05, 0.1) is 11.3 Å². The monoisotopic (exact) mass is 275 g/mol. The highest BCUT2D eigenvalue weighted by Gasteiger charge is 2.30. The Morgan fingerprint density at radius 1 is 1.15 bits per heavy atom. The summed E-state index contributed by atoms with van der Waals surface area (Å²) in [6.45, 7) is 0.368. The minimum absolute atomic E-state index is 0.368. The number of ether oxygens (including phenoxy) is 1. The van der Waals surface area contributed by atoms with Crippen LogP contribution in [0.4, 0.5) is 0 Å². The van der Waals surface area contributed by atoms with Gasteiger partial charge in [-0.2, -0.15) is 0 Å². The van der Waals surface area contributed by atoms with Crippen molar-refractivity contribution < 1.29 is 15.1 Å². The Morgan fingerprint density at radius 3 is 2.70 bits per heavy atom. The summed E-state index contributed by atoms with van der Waals surface area (Å²) in [6, 6.07) is 5.83. The average molecular weight is 275 g/mol. The first-order chi connectivity index (χ1) is 9.70. The van der Waals surface area contributed by atoms with Crippen LogP contribution >= 0.6 is 0 Å². The lowest BCUT2D eigenvalue weighted by Crippen LogP contribution is -2.37. The third kappa shape index (κ3) is 2.66. The lowest BCUT2D eigenvalue weighted by molar-refractivity contribution is -0.0339. The van der Waals surface area contributed by atoms with Gasteiger partial charge in [-0.3, -0.25) is 0 Å². The number of aryl methyl sites for hydroxylation is 1. The predicted molar refractivity (Wildman–Crippen MR) is 76.6 cm³/mol. The predicted octanol–water partition coefficient (Wildman–Crippen LogP) is 2.89. The fourth-order valence-electron chi connectivity index (χ4n) is 3.21. The van der Waals surface area contributed by atoms with E-state index in [0.29, 0.717) is 6.61 Å². The lowest BCUT2D eigenvalue weighted by atomic mass is 9.85. The zero-order chi connectivity index (χ0) is 14.0. The van der Waals surface area contributed by atoms with Crippen LogP contribution < -0.4 is 4.74 Å². The van der Waals surface area contributed by atoms with Crippen molar-refractivity contribution >= 4 is 5.71 Å². The summed E-state index contributed by atoms with van der Waals surface area (Å²) in [5.74, 6) is 0.793. The molecule has 0 radical (unpaired) electrons. The van der Waals surface area contributed by atoms with Crippen molar-refractivity contribution in [3.05, 3.63) is 29.3 Å². The molecule has 2 N–H and O–H groups in total. The summed E-state index contributed by atoms with van der Waals surface area (Å²) in [4.78, 5) is 0. The van der Waals surface area contributed by atoms with Crippen LogP contribution in [-0.2, 0) is 6.42 Å². The smallest absolute Gasteiger partial charge is 0.119 e. The zero-order valence-corrected chi connectivity index (χ0v) is 11.6. The van der Waals surface area contributed by atoms with E-state index < -0.39 is 5.60 Å². The molecule has 108 valence electrons. The van der Waals surface area contributed by atoms with Gasteiger partial charge in [-0.1, -0.05) is 24.4 Å². The van der Waals surface area contributed by atoms with E-state index in [0.717, 1.165) is 61.1 Å². The molecule has 0 bridgehead atoms. The Hall–Kier alpha value is -1.55. The molecule has 1 aromatic rings. The van der Waals surface area contributed by atoms with E-state index in [1.807, 2.05) is 18.2 Å². The summed E-state index contributed by atoms with van der Waals surface area (Å²) in [5.41, 5.74) is 2.26. The van der Waals surface area contributed by atoms with E-state index in [4.69, 9.17) is 9.94 Å². The van der Waals surface area contributed by atoms with E-state index in [-0.39, 0.29) is 0 Å². The fourth-order valence-corrected chi connectivity index (χ4v) is 3.21. The van der Waals surface area contributed by atoms with Gasteiger partial charge in [-0.15, -0.1) is 0 Å². The minimum Gasteiger partial charge on any atom is -0.491 e. The van der Waals surface area contributed by atoms with E-state index in [2.05, 4.69) is 5.16 Å². The maximum Gasteiger partial charge on any atom is 0.119 e. The van der Waals surface area contributed by atoms with E-state index in [9.17, 15) is 5.11 Å². The lowest BCUT2D eigenvalue weighted by Gasteiger charge is -2.31. The van der Waals surface area contributed by atoms with Crippen LogP contribution in [0.3, 0.4) is 0 Å². The quantitative estimate of drug-likeness (QED) is 0.658. The van der Waals surface area contributed by atoms with Crippen LogP contribution in [0.2, 0.25) is 0 Å². The Balaban J connectivity index is 1.67. The summed E-state index contributed by atoms with van der Waals surface area (Å²) >= 11 is 0. The van der Waals surface area contributed by atoms with Gasteiger partial charge in [0.2, 0.25) is 0 Å². The molecule has 4 nitrogen and oxygen atoms in total. The Labute approximate surface area is 119 Å². The van der Waals surface area contributed by atoms with Gasteiger partial charge in [0.25, 0.3) is 0 Å². The standard InChI is InChI=1S/C16H21NO3/c18-16(8-2-1-3-9-16)11-20-13-5-6-14-12(10-13)4-7-15(14)17-19/h5-6,10,18-19H,1-4,7-9,11H2/b17-15-. The molecule has 1 fully saturated rings.